The van der Waals surface area contributed by atoms with Crippen LogP contribution in [0.4, 0.5) is 5.69 Å². The number of aliphatic imine (C=N–C) groups is 1. The maximum Gasteiger partial charge on any atom is 0.262 e. The van der Waals surface area contributed by atoms with Crippen molar-refractivity contribution in [3.8, 4) is 0 Å². The smallest absolute Gasteiger partial charge is 0.262 e. The number of amides is 1. The van der Waals surface area contributed by atoms with Crippen LogP contribution in [-0.2, 0) is 10.3 Å². The largest absolute Gasteiger partial charge is 0.385 e. The van der Waals surface area contributed by atoms with Gasteiger partial charge in [-0.3, -0.25) is 4.79 Å². The molecule has 4 heteroatoms. The number of amidine groups is 1. The molecule has 1 heterocycles. The number of anilines is 1. The third-order valence-electron chi connectivity index (χ3n) is 4.74. The Labute approximate surface area is 159 Å². The molecule has 3 aromatic rings. The number of carbonyl (C=O) groups is 1. The highest BCUT2D eigenvalue weighted by Crippen LogP contribution is 2.37. The van der Waals surface area contributed by atoms with Crippen LogP contribution >= 0.6 is 0 Å². The highest BCUT2D eigenvalue weighted by atomic mass is 16.2. The van der Waals surface area contributed by atoms with Gasteiger partial charge in [-0.05, 0) is 30.2 Å². The number of nitrogens with one attached hydrogen (secondary N) is 2. The van der Waals surface area contributed by atoms with Crippen LogP contribution in [0.25, 0.3) is 0 Å². The predicted molar refractivity (Wildman–Crippen MR) is 109 cm³/mol. The van der Waals surface area contributed by atoms with Gasteiger partial charge in [0.05, 0.1) is 0 Å². The van der Waals surface area contributed by atoms with Crippen LogP contribution < -0.4 is 10.6 Å². The van der Waals surface area contributed by atoms with Crippen LogP contribution in [0.15, 0.2) is 89.9 Å². The first-order valence-electron chi connectivity index (χ1n) is 9.10. The van der Waals surface area contributed by atoms with E-state index in [2.05, 4.69) is 17.6 Å². The summed E-state index contributed by atoms with van der Waals surface area (Å²) in [5, 5.41) is 6.31. The third-order valence-corrected chi connectivity index (χ3v) is 4.74. The number of hydrogen-bond acceptors (Lipinski definition) is 3. The van der Waals surface area contributed by atoms with Crippen LogP contribution in [0.1, 0.15) is 23.6 Å². The lowest BCUT2D eigenvalue weighted by Gasteiger charge is -2.24. The minimum Gasteiger partial charge on any atom is -0.385 e. The highest BCUT2D eigenvalue weighted by molar-refractivity contribution is 6.17. The maximum atomic E-state index is 13.3. The van der Waals surface area contributed by atoms with Gasteiger partial charge in [-0.2, -0.15) is 0 Å². The predicted octanol–water partition coefficient (Wildman–Crippen LogP) is 3.94. The Balaban J connectivity index is 1.87. The average Bonchev–Trinajstić information content (AvgIpc) is 3.08. The standard InChI is InChI=1S/C23H21N3O/c1-2-24-20-15-9-10-17(16-20)21-25-22(27)23(26-21,18-11-5-3-6-12-18)19-13-7-4-8-14-19/h3-16,24H,2H2,1H3,(H,25,26,27). The van der Waals surface area contributed by atoms with E-state index in [-0.39, 0.29) is 5.91 Å². The van der Waals surface area contributed by atoms with E-state index in [0.29, 0.717) is 5.84 Å². The summed E-state index contributed by atoms with van der Waals surface area (Å²) in [7, 11) is 0. The van der Waals surface area contributed by atoms with Crippen molar-refractivity contribution in [3.63, 3.8) is 0 Å². The van der Waals surface area contributed by atoms with Gasteiger partial charge in [-0.25, -0.2) is 4.99 Å². The molecule has 0 spiro atoms. The summed E-state index contributed by atoms with van der Waals surface area (Å²) in [6, 6.07) is 27.4. The molecule has 0 aliphatic carbocycles. The second-order valence-electron chi connectivity index (χ2n) is 6.47. The van der Waals surface area contributed by atoms with Crippen LogP contribution in [0.3, 0.4) is 0 Å². The van der Waals surface area contributed by atoms with Crippen molar-refractivity contribution in [3.05, 3.63) is 102 Å². The molecule has 0 atom stereocenters. The van der Waals surface area contributed by atoms with Crippen LogP contribution in [0.5, 0.6) is 0 Å². The van der Waals surface area contributed by atoms with Crippen molar-refractivity contribution in [2.75, 3.05) is 11.9 Å². The van der Waals surface area contributed by atoms with Gasteiger partial charge in [-0.15, -0.1) is 0 Å². The van der Waals surface area contributed by atoms with E-state index in [1.807, 2.05) is 84.9 Å². The lowest BCUT2D eigenvalue weighted by molar-refractivity contribution is -0.122. The highest BCUT2D eigenvalue weighted by Gasteiger charge is 2.46. The monoisotopic (exact) mass is 355 g/mol. The van der Waals surface area contributed by atoms with Gasteiger partial charge in [0.25, 0.3) is 5.91 Å². The molecule has 2 N–H and O–H groups in total. The zero-order valence-corrected chi connectivity index (χ0v) is 15.1. The van der Waals surface area contributed by atoms with Gasteiger partial charge in [0.15, 0.2) is 5.54 Å². The molecule has 0 unspecified atom stereocenters. The first kappa shape index (κ1) is 17.0. The lowest BCUT2D eigenvalue weighted by Crippen LogP contribution is -2.38. The Bertz CT molecular complexity index is 941. The molecule has 0 radical (unpaired) electrons. The molecular formula is C23H21N3O. The molecule has 4 rings (SSSR count). The molecule has 0 saturated carbocycles. The Morgan fingerprint density at radius 1 is 0.889 bits per heavy atom. The number of rotatable bonds is 5. The van der Waals surface area contributed by atoms with Crippen molar-refractivity contribution in [2.45, 2.75) is 12.5 Å². The number of hydrogen-bond donors (Lipinski definition) is 2. The van der Waals surface area contributed by atoms with Crippen LogP contribution in [-0.4, -0.2) is 18.3 Å². The molecule has 1 amide bonds. The summed E-state index contributed by atoms with van der Waals surface area (Å²) >= 11 is 0. The van der Waals surface area contributed by atoms with E-state index in [9.17, 15) is 4.79 Å². The normalized spacial score (nSPS) is 15.1. The first-order chi connectivity index (χ1) is 13.2. The molecule has 27 heavy (non-hydrogen) atoms. The Hall–Kier alpha value is -3.40. The molecule has 1 aliphatic rings. The summed E-state index contributed by atoms with van der Waals surface area (Å²) in [4.78, 5) is 18.2. The molecule has 4 nitrogen and oxygen atoms in total. The molecular weight excluding hydrogens is 334 g/mol. The molecule has 1 aliphatic heterocycles. The first-order valence-corrected chi connectivity index (χ1v) is 9.10. The summed E-state index contributed by atoms with van der Waals surface area (Å²) in [5.41, 5.74) is 2.52. The summed E-state index contributed by atoms with van der Waals surface area (Å²) < 4.78 is 0. The Morgan fingerprint density at radius 2 is 1.52 bits per heavy atom. The fourth-order valence-corrected chi connectivity index (χ4v) is 3.48. The average molecular weight is 355 g/mol. The van der Waals surface area contributed by atoms with Crippen molar-refractivity contribution in [1.82, 2.24) is 5.32 Å². The SMILES string of the molecule is CCNc1cccc(C2=NC(c3ccccc3)(c3ccccc3)C(=O)N2)c1. The molecule has 0 saturated heterocycles. The van der Waals surface area contributed by atoms with Crippen LogP contribution in [0, 0.1) is 0 Å². The van der Waals surface area contributed by atoms with E-state index in [4.69, 9.17) is 4.99 Å². The number of carbonyl (C=O) groups excluding carboxylic acids is 1. The van der Waals surface area contributed by atoms with E-state index in [1.54, 1.807) is 0 Å². The fourth-order valence-electron chi connectivity index (χ4n) is 3.48. The molecule has 0 bridgehead atoms. The van der Waals surface area contributed by atoms with Gasteiger partial charge in [0.1, 0.15) is 5.84 Å². The topological polar surface area (TPSA) is 53.5 Å². The molecule has 0 fully saturated rings. The third kappa shape index (κ3) is 2.99. The number of nitrogens with zero attached hydrogens (tertiary/aromatic N) is 1. The van der Waals surface area contributed by atoms with Crippen molar-refractivity contribution >= 4 is 17.4 Å². The number of benzene rings is 3. The molecule has 0 aromatic heterocycles. The van der Waals surface area contributed by atoms with Gasteiger partial charge >= 0.3 is 0 Å². The Kier molecular flexibility index (Phi) is 4.47. The molecule has 3 aromatic carbocycles. The van der Waals surface area contributed by atoms with Gasteiger partial charge in [0.2, 0.25) is 0 Å². The van der Waals surface area contributed by atoms with Crippen molar-refractivity contribution in [2.24, 2.45) is 4.99 Å². The quantitative estimate of drug-likeness (QED) is 0.728. The maximum absolute atomic E-state index is 13.3. The van der Waals surface area contributed by atoms with E-state index < -0.39 is 5.54 Å². The summed E-state index contributed by atoms with van der Waals surface area (Å²) in [5.74, 6) is 0.455. The van der Waals surface area contributed by atoms with Gasteiger partial charge < -0.3 is 10.6 Å². The second kappa shape index (κ2) is 7.08. The minimum absolute atomic E-state index is 0.135. The van der Waals surface area contributed by atoms with Gasteiger partial charge in [-0.1, -0.05) is 72.8 Å². The van der Waals surface area contributed by atoms with Gasteiger partial charge in [0, 0.05) is 17.8 Å². The van der Waals surface area contributed by atoms with Crippen molar-refractivity contribution in [1.29, 1.82) is 0 Å². The zero-order valence-electron chi connectivity index (χ0n) is 15.1. The summed E-state index contributed by atoms with van der Waals surface area (Å²) in [6.45, 7) is 2.89. The Morgan fingerprint density at radius 3 is 2.11 bits per heavy atom. The second-order valence-corrected chi connectivity index (χ2v) is 6.47. The molecule has 134 valence electrons. The minimum atomic E-state index is -1.08. The van der Waals surface area contributed by atoms with Crippen molar-refractivity contribution < 1.29 is 4.79 Å². The fraction of sp³-hybridized carbons (Fsp3) is 0.130. The van der Waals surface area contributed by atoms with Crippen LogP contribution in [0.2, 0.25) is 0 Å². The van der Waals surface area contributed by atoms with E-state index in [1.165, 1.54) is 0 Å². The van der Waals surface area contributed by atoms with E-state index >= 15 is 0 Å². The van der Waals surface area contributed by atoms with E-state index in [0.717, 1.165) is 28.9 Å². The summed E-state index contributed by atoms with van der Waals surface area (Å²) in [6.07, 6.45) is 0. The zero-order chi connectivity index (χ0) is 18.7. The lowest BCUT2D eigenvalue weighted by atomic mass is 9.83.